The van der Waals surface area contributed by atoms with Crippen LogP contribution in [-0.4, -0.2) is 19.3 Å². The number of aliphatic hydroxyl groups is 1. The quantitative estimate of drug-likeness (QED) is 0.615. The maximum atomic E-state index is 10.7. The molecule has 1 N–H and O–H groups in total. The second kappa shape index (κ2) is 3.53. The number of hydrogen-bond acceptors (Lipinski definition) is 3. The van der Waals surface area contributed by atoms with Crippen molar-refractivity contribution in [2.45, 2.75) is 0 Å². The molecule has 0 saturated heterocycles. The van der Waals surface area contributed by atoms with Gasteiger partial charge in [0, 0.05) is 0 Å². The minimum Gasteiger partial charge on any atom is -0.368 e. The summed E-state index contributed by atoms with van der Waals surface area (Å²) in [5.74, 6) is -0.259. The SMILES string of the molecule is C=CCS(=O)(=O)[C](O)C=C. The molecular weight excluding hydrogens is 152 g/mol. The highest BCUT2D eigenvalue weighted by Crippen LogP contribution is 2.07. The zero-order chi connectivity index (χ0) is 8.20. The lowest BCUT2D eigenvalue weighted by molar-refractivity contribution is 0.383. The lowest BCUT2D eigenvalue weighted by Crippen LogP contribution is -2.12. The fourth-order valence-electron chi connectivity index (χ4n) is 0.367. The fraction of sp³-hybridized carbons (Fsp3) is 0.167. The summed E-state index contributed by atoms with van der Waals surface area (Å²) in [6.45, 7) is 6.33. The van der Waals surface area contributed by atoms with Crippen LogP contribution in [0.15, 0.2) is 25.3 Å². The molecule has 0 aliphatic carbocycles. The molecule has 0 saturated carbocycles. The molecule has 10 heavy (non-hydrogen) atoms. The molecule has 0 spiro atoms. The number of aliphatic hydroxyl groups excluding tert-OH is 1. The van der Waals surface area contributed by atoms with Crippen LogP contribution < -0.4 is 0 Å². The van der Waals surface area contributed by atoms with Gasteiger partial charge in [0.25, 0.3) is 0 Å². The Morgan fingerprint density at radius 1 is 1.50 bits per heavy atom. The fourth-order valence-corrected chi connectivity index (χ4v) is 1.10. The zero-order valence-electron chi connectivity index (χ0n) is 5.45. The summed E-state index contributed by atoms with van der Waals surface area (Å²) in [6.07, 6.45) is 2.09. The van der Waals surface area contributed by atoms with E-state index in [2.05, 4.69) is 13.2 Å². The van der Waals surface area contributed by atoms with Crippen molar-refractivity contribution in [1.82, 2.24) is 0 Å². The van der Waals surface area contributed by atoms with E-state index in [9.17, 15) is 8.42 Å². The summed E-state index contributed by atoms with van der Waals surface area (Å²) >= 11 is 0. The first-order valence-corrected chi connectivity index (χ1v) is 4.22. The average Bonchev–Trinajstić information content (AvgIpc) is 1.86. The molecule has 57 valence electrons. The molecule has 0 aliphatic rings. The van der Waals surface area contributed by atoms with Gasteiger partial charge in [0.1, 0.15) is 0 Å². The van der Waals surface area contributed by atoms with E-state index in [4.69, 9.17) is 5.11 Å². The van der Waals surface area contributed by atoms with Crippen LogP contribution in [0.2, 0.25) is 0 Å². The number of sulfone groups is 1. The molecule has 0 aromatic carbocycles. The lowest BCUT2D eigenvalue weighted by Gasteiger charge is -2.01. The molecule has 0 unspecified atom stereocenters. The predicted octanol–water partition coefficient (Wildman–Crippen LogP) is 0.635. The molecule has 3 nitrogen and oxygen atoms in total. The van der Waals surface area contributed by atoms with Crippen LogP contribution in [0.25, 0.3) is 0 Å². The van der Waals surface area contributed by atoms with Crippen molar-refractivity contribution < 1.29 is 13.5 Å². The van der Waals surface area contributed by atoms with Crippen molar-refractivity contribution in [1.29, 1.82) is 0 Å². The largest absolute Gasteiger partial charge is 0.368 e. The summed E-state index contributed by atoms with van der Waals surface area (Å²) in [4.78, 5) is 0. The highest BCUT2D eigenvalue weighted by molar-refractivity contribution is 7.94. The third-order valence-electron chi connectivity index (χ3n) is 0.831. The van der Waals surface area contributed by atoms with Gasteiger partial charge in [0.2, 0.25) is 5.44 Å². The van der Waals surface area contributed by atoms with Crippen molar-refractivity contribution in [2.24, 2.45) is 0 Å². The Labute approximate surface area is 60.6 Å². The zero-order valence-corrected chi connectivity index (χ0v) is 6.26. The molecule has 0 aliphatic heterocycles. The van der Waals surface area contributed by atoms with E-state index >= 15 is 0 Å². The van der Waals surface area contributed by atoms with Crippen LogP contribution in [0.5, 0.6) is 0 Å². The first-order valence-electron chi connectivity index (χ1n) is 2.56. The van der Waals surface area contributed by atoms with E-state index in [1.807, 2.05) is 0 Å². The van der Waals surface area contributed by atoms with E-state index < -0.39 is 15.3 Å². The topological polar surface area (TPSA) is 54.4 Å². The average molecular weight is 161 g/mol. The standard InChI is InChI=1S/C6H9O3S/c1-3-5-10(8,9)6(7)4-2/h3-4,7H,1-2,5H2. The second-order valence-corrected chi connectivity index (χ2v) is 3.59. The minimum absolute atomic E-state index is 0.259. The van der Waals surface area contributed by atoms with Gasteiger partial charge in [-0.3, -0.25) is 0 Å². The highest BCUT2D eigenvalue weighted by Gasteiger charge is 2.18. The van der Waals surface area contributed by atoms with Gasteiger partial charge in [-0.1, -0.05) is 12.7 Å². The Morgan fingerprint density at radius 2 is 2.00 bits per heavy atom. The summed E-state index contributed by atoms with van der Waals surface area (Å²) in [6, 6.07) is 0. The van der Waals surface area contributed by atoms with Crippen molar-refractivity contribution in [3.8, 4) is 0 Å². The molecule has 0 rings (SSSR count). The van der Waals surface area contributed by atoms with Crippen LogP contribution >= 0.6 is 0 Å². The molecule has 0 amide bonds. The van der Waals surface area contributed by atoms with Gasteiger partial charge >= 0.3 is 0 Å². The molecule has 0 aromatic heterocycles. The van der Waals surface area contributed by atoms with E-state index in [-0.39, 0.29) is 5.75 Å². The Morgan fingerprint density at radius 3 is 2.30 bits per heavy atom. The van der Waals surface area contributed by atoms with Crippen molar-refractivity contribution in [2.75, 3.05) is 5.75 Å². The smallest absolute Gasteiger partial charge is 0.232 e. The van der Waals surface area contributed by atoms with Gasteiger partial charge < -0.3 is 5.11 Å². The van der Waals surface area contributed by atoms with E-state index in [1.165, 1.54) is 6.08 Å². The Bertz CT molecular complexity index is 215. The maximum Gasteiger partial charge on any atom is 0.232 e. The molecule has 0 fully saturated rings. The van der Waals surface area contributed by atoms with Crippen molar-refractivity contribution in [3.63, 3.8) is 0 Å². The molecule has 0 aromatic rings. The third kappa shape index (κ3) is 2.33. The van der Waals surface area contributed by atoms with Gasteiger partial charge in [-0.25, -0.2) is 8.42 Å². The van der Waals surface area contributed by atoms with E-state index in [0.717, 1.165) is 6.08 Å². The Hall–Kier alpha value is -0.610. The van der Waals surface area contributed by atoms with Crippen LogP contribution in [-0.2, 0) is 9.84 Å². The monoisotopic (exact) mass is 161 g/mol. The van der Waals surface area contributed by atoms with Gasteiger partial charge in [-0.15, -0.1) is 6.58 Å². The van der Waals surface area contributed by atoms with Gasteiger partial charge in [0.15, 0.2) is 9.84 Å². The molecule has 0 heterocycles. The molecule has 1 radical (unpaired) electrons. The van der Waals surface area contributed by atoms with Crippen LogP contribution in [0.1, 0.15) is 0 Å². The normalized spacial score (nSPS) is 11.4. The van der Waals surface area contributed by atoms with Crippen LogP contribution in [0.4, 0.5) is 0 Å². The van der Waals surface area contributed by atoms with Gasteiger partial charge in [-0.2, -0.15) is 0 Å². The van der Waals surface area contributed by atoms with E-state index in [0.29, 0.717) is 0 Å². The van der Waals surface area contributed by atoms with Crippen molar-refractivity contribution in [3.05, 3.63) is 30.7 Å². The summed E-state index contributed by atoms with van der Waals surface area (Å²) < 4.78 is 21.5. The maximum absolute atomic E-state index is 10.7. The molecule has 0 atom stereocenters. The molecule has 4 heteroatoms. The van der Waals surface area contributed by atoms with Crippen molar-refractivity contribution >= 4 is 9.84 Å². The highest BCUT2D eigenvalue weighted by atomic mass is 32.2. The Kier molecular flexibility index (Phi) is 3.32. The van der Waals surface area contributed by atoms with Gasteiger partial charge in [0.05, 0.1) is 5.75 Å². The Balaban J connectivity index is 4.40. The lowest BCUT2D eigenvalue weighted by atomic mass is 10.7. The van der Waals surface area contributed by atoms with E-state index in [1.54, 1.807) is 0 Å². The summed E-state index contributed by atoms with van der Waals surface area (Å²) in [7, 11) is -3.52. The molecule has 0 bridgehead atoms. The number of hydrogen-bond donors (Lipinski definition) is 1. The second-order valence-electron chi connectivity index (χ2n) is 1.61. The first-order chi connectivity index (χ1) is 4.54. The minimum atomic E-state index is -3.52. The number of rotatable bonds is 4. The van der Waals surface area contributed by atoms with Crippen LogP contribution in [0.3, 0.4) is 0 Å². The summed E-state index contributed by atoms with van der Waals surface area (Å²) in [5, 5.41) is 8.68. The van der Waals surface area contributed by atoms with Gasteiger partial charge in [-0.05, 0) is 6.08 Å². The first kappa shape index (κ1) is 9.39. The summed E-state index contributed by atoms with van der Waals surface area (Å²) in [5.41, 5.74) is -0.701. The predicted molar refractivity (Wildman–Crippen MR) is 39.4 cm³/mol. The third-order valence-corrected chi connectivity index (χ3v) is 2.31. The van der Waals surface area contributed by atoms with Crippen LogP contribution in [0, 0.1) is 5.44 Å². The molecular formula is C6H9O3S.